The van der Waals surface area contributed by atoms with Crippen molar-refractivity contribution in [1.82, 2.24) is 10.3 Å². The summed E-state index contributed by atoms with van der Waals surface area (Å²) >= 11 is 6.21. The lowest BCUT2D eigenvalue weighted by molar-refractivity contribution is 0.588. The van der Waals surface area contributed by atoms with Crippen LogP contribution in [0, 0.1) is 0 Å². The zero-order valence-corrected chi connectivity index (χ0v) is 12.9. The first-order valence-electron chi connectivity index (χ1n) is 6.74. The summed E-state index contributed by atoms with van der Waals surface area (Å²) < 4.78 is 0. The van der Waals surface area contributed by atoms with Crippen molar-refractivity contribution in [3.63, 3.8) is 0 Å². The Morgan fingerprint density at radius 1 is 1.25 bits per heavy atom. The van der Waals surface area contributed by atoms with Crippen molar-refractivity contribution in [3.05, 3.63) is 53.2 Å². The van der Waals surface area contributed by atoms with Crippen LogP contribution in [0.25, 0.3) is 0 Å². The first-order chi connectivity index (χ1) is 9.58. The Balaban J connectivity index is 2.22. The molecule has 0 aliphatic rings. The second kappa shape index (κ2) is 6.73. The van der Waals surface area contributed by atoms with Crippen LogP contribution in [0.3, 0.4) is 0 Å². The fourth-order valence-corrected chi connectivity index (χ4v) is 2.05. The lowest BCUT2D eigenvalue weighted by atomic mass is 10.2. The molecule has 2 rings (SSSR count). The summed E-state index contributed by atoms with van der Waals surface area (Å²) in [6.45, 7) is 4.98. The molecule has 1 heterocycles. The van der Waals surface area contributed by atoms with Crippen LogP contribution in [0.2, 0.25) is 5.02 Å². The fourth-order valence-electron chi connectivity index (χ4n) is 1.88. The number of hydrogen-bond donors (Lipinski definition) is 1. The van der Waals surface area contributed by atoms with Crippen LogP contribution in [0.5, 0.6) is 0 Å². The number of aromatic nitrogens is 1. The molecule has 1 N–H and O–H groups in total. The monoisotopic (exact) mass is 289 g/mol. The van der Waals surface area contributed by atoms with E-state index < -0.39 is 0 Å². The molecule has 4 heteroatoms. The Kier molecular flexibility index (Phi) is 4.99. The predicted octanol–water partition coefficient (Wildman–Crippen LogP) is 4.00. The maximum absolute atomic E-state index is 6.21. The molecule has 0 amide bonds. The molecule has 0 aliphatic heterocycles. The van der Waals surface area contributed by atoms with Crippen LogP contribution in [-0.4, -0.2) is 18.1 Å². The van der Waals surface area contributed by atoms with Gasteiger partial charge in [-0.2, -0.15) is 0 Å². The van der Waals surface area contributed by atoms with Crippen molar-refractivity contribution >= 4 is 23.1 Å². The van der Waals surface area contributed by atoms with E-state index in [4.69, 9.17) is 11.6 Å². The largest absolute Gasteiger partial charge is 0.329 e. The Morgan fingerprint density at radius 2 is 1.95 bits per heavy atom. The highest BCUT2D eigenvalue weighted by Gasteiger charge is 2.09. The maximum atomic E-state index is 6.21. The van der Waals surface area contributed by atoms with Gasteiger partial charge in [-0.1, -0.05) is 43.6 Å². The number of pyridine rings is 1. The summed E-state index contributed by atoms with van der Waals surface area (Å²) in [5.41, 5.74) is 2.17. The third-order valence-corrected chi connectivity index (χ3v) is 3.45. The molecule has 106 valence electrons. The van der Waals surface area contributed by atoms with Crippen molar-refractivity contribution in [2.75, 3.05) is 11.9 Å². The van der Waals surface area contributed by atoms with Crippen molar-refractivity contribution < 1.29 is 0 Å². The van der Waals surface area contributed by atoms with E-state index >= 15 is 0 Å². The van der Waals surface area contributed by atoms with Crippen molar-refractivity contribution in [3.8, 4) is 0 Å². The SMILES string of the molecule is CC(C)NCc1cc(N(C)c2ccccc2)ncc1Cl. The van der Waals surface area contributed by atoms with E-state index in [1.54, 1.807) is 6.20 Å². The van der Waals surface area contributed by atoms with Gasteiger partial charge in [-0.05, 0) is 23.8 Å². The highest BCUT2D eigenvalue weighted by molar-refractivity contribution is 6.31. The zero-order valence-electron chi connectivity index (χ0n) is 12.1. The molecule has 0 atom stereocenters. The van der Waals surface area contributed by atoms with Gasteiger partial charge in [0.1, 0.15) is 5.82 Å². The summed E-state index contributed by atoms with van der Waals surface area (Å²) in [4.78, 5) is 6.46. The van der Waals surface area contributed by atoms with E-state index in [9.17, 15) is 0 Å². The van der Waals surface area contributed by atoms with Gasteiger partial charge in [0.05, 0.1) is 5.02 Å². The van der Waals surface area contributed by atoms with Gasteiger partial charge in [0.25, 0.3) is 0 Å². The van der Waals surface area contributed by atoms with Gasteiger partial charge in [-0.15, -0.1) is 0 Å². The third-order valence-electron chi connectivity index (χ3n) is 3.11. The molecule has 2 aromatic rings. The quantitative estimate of drug-likeness (QED) is 0.902. The molecular weight excluding hydrogens is 270 g/mol. The van der Waals surface area contributed by atoms with Crippen LogP contribution >= 0.6 is 11.6 Å². The van der Waals surface area contributed by atoms with Gasteiger partial charge in [0.15, 0.2) is 0 Å². The first kappa shape index (κ1) is 14.8. The highest BCUT2D eigenvalue weighted by atomic mass is 35.5. The minimum atomic E-state index is 0.425. The molecule has 0 bridgehead atoms. The molecule has 0 fully saturated rings. The molecule has 0 aliphatic carbocycles. The summed E-state index contributed by atoms with van der Waals surface area (Å²) in [6, 6.07) is 12.6. The van der Waals surface area contributed by atoms with Crippen LogP contribution in [0.1, 0.15) is 19.4 Å². The molecule has 0 spiro atoms. The second-order valence-electron chi connectivity index (χ2n) is 5.06. The number of anilines is 2. The molecular formula is C16H20ClN3. The third kappa shape index (κ3) is 3.71. The predicted molar refractivity (Wildman–Crippen MR) is 85.7 cm³/mol. The molecule has 0 radical (unpaired) electrons. The Labute approximate surface area is 125 Å². The van der Waals surface area contributed by atoms with E-state index in [1.165, 1.54) is 0 Å². The lowest BCUT2D eigenvalue weighted by Gasteiger charge is -2.19. The Bertz CT molecular complexity index is 555. The average Bonchev–Trinajstić information content (AvgIpc) is 2.46. The lowest BCUT2D eigenvalue weighted by Crippen LogP contribution is -2.22. The van der Waals surface area contributed by atoms with Gasteiger partial charge >= 0.3 is 0 Å². The summed E-state index contributed by atoms with van der Waals surface area (Å²) in [5.74, 6) is 0.890. The van der Waals surface area contributed by atoms with Crippen LogP contribution in [0.4, 0.5) is 11.5 Å². The van der Waals surface area contributed by atoms with Crippen molar-refractivity contribution in [1.29, 1.82) is 0 Å². The number of benzene rings is 1. The van der Waals surface area contributed by atoms with E-state index in [1.807, 2.05) is 31.3 Å². The van der Waals surface area contributed by atoms with Gasteiger partial charge in [-0.3, -0.25) is 0 Å². The molecule has 0 unspecified atom stereocenters. The normalized spacial score (nSPS) is 10.8. The number of hydrogen-bond acceptors (Lipinski definition) is 3. The van der Waals surface area contributed by atoms with Crippen LogP contribution in [0.15, 0.2) is 42.6 Å². The van der Waals surface area contributed by atoms with Gasteiger partial charge in [0, 0.05) is 31.5 Å². The fraction of sp³-hybridized carbons (Fsp3) is 0.312. The van der Waals surface area contributed by atoms with Gasteiger partial charge in [0.2, 0.25) is 0 Å². The number of para-hydroxylation sites is 1. The molecule has 0 saturated carbocycles. The minimum Gasteiger partial charge on any atom is -0.329 e. The minimum absolute atomic E-state index is 0.425. The number of halogens is 1. The van der Waals surface area contributed by atoms with E-state index in [-0.39, 0.29) is 0 Å². The Hall–Kier alpha value is -1.58. The van der Waals surface area contributed by atoms with E-state index in [0.717, 1.165) is 23.6 Å². The molecule has 3 nitrogen and oxygen atoms in total. The number of rotatable bonds is 5. The first-order valence-corrected chi connectivity index (χ1v) is 7.12. The molecule has 1 aromatic carbocycles. The summed E-state index contributed by atoms with van der Waals surface area (Å²) in [7, 11) is 2.01. The number of nitrogens with one attached hydrogen (secondary N) is 1. The van der Waals surface area contributed by atoms with Crippen LogP contribution < -0.4 is 10.2 Å². The van der Waals surface area contributed by atoms with Gasteiger partial charge in [-0.25, -0.2) is 4.98 Å². The average molecular weight is 290 g/mol. The standard InChI is InChI=1S/C16H20ClN3/c1-12(2)18-10-13-9-16(19-11-15(13)17)20(3)14-7-5-4-6-8-14/h4-9,11-12,18H,10H2,1-3H3. The zero-order chi connectivity index (χ0) is 14.5. The van der Waals surface area contributed by atoms with Gasteiger partial charge < -0.3 is 10.2 Å². The topological polar surface area (TPSA) is 28.2 Å². The smallest absolute Gasteiger partial charge is 0.133 e. The highest BCUT2D eigenvalue weighted by Crippen LogP contribution is 2.25. The van der Waals surface area contributed by atoms with Crippen LogP contribution in [-0.2, 0) is 6.54 Å². The maximum Gasteiger partial charge on any atom is 0.133 e. The molecule has 1 aromatic heterocycles. The van der Waals surface area contributed by atoms with Crippen molar-refractivity contribution in [2.24, 2.45) is 0 Å². The number of nitrogens with zero attached hydrogens (tertiary/aromatic N) is 2. The van der Waals surface area contributed by atoms with Crippen molar-refractivity contribution in [2.45, 2.75) is 26.4 Å². The van der Waals surface area contributed by atoms with E-state index in [2.05, 4.69) is 41.2 Å². The van der Waals surface area contributed by atoms with E-state index in [0.29, 0.717) is 11.1 Å². The summed E-state index contributed by atoms with van der Waals surface area (Å²) in [5, 5.41) is 4.08. The molecule has 20 heavy (non-hydrogen) atoms. The Morgan fingerprint density at radius 3 is 2.60 bits per heavy atom. The summed E-state index contributed by atoms with van der Waals surface area (Å²) in [6.07, 6.45) is 1.72. The second-order valence-corrected chi connectivity index (χ2v) is 5.47. The molecule has 0 saturated heterocycles.